The lowest BCUT2D eigenvalue weighted by Gasteiger charge is -2.22. The van der Waals surface area contributed by atoms with Gasteiger partial charge in [0.2, 0.25) is 5.91 Å². The Hall–Kier alpha value is -1.73. The number of nitrogens with one attached hydrogen (secondary N) is 1. The summed E-state index contributed by atoms with van der Waals surface area (Å²) in [6.45, 7) is 0. The van der Waals surface area contributed by atoms with Crippen molar-refractivity contribution in [1.29, 1.82) is 0 Å². The number of thioether (sulfide) groups is 1. The van der Waals surface area contributed by atoms with Crippen LogP contribution >= 0.6 is 23.4 Å². The van der Waals surface area contributed by atoms with E-state index in [1.165, 1.54) is 31.0 Å². The zero-order valence-corrected chi connectivity index (χ0v) is 16.0. The molecule has 0 radical (unpaired) electrons. The van der Waals surface area contributed by atoms with Crippen molar-refractivity contribution >= 4 is 29.3 Å². The largest absolute Gasteiger partial charge is 0.496 e. The van der Waals surface area contributed by atoms with Gasteiger partial charge in [-0.3, -0.25) is 4.79 Å². The Bertz CT molecular complexity index is 813. The molecule has 3 atom stereocenters. The van der Waals surface area contributed by atoms with Gasteiger partial charge in [-0.05, 0) is 49.3 Å². The SMILES string of the molecule is COc1ccc(Cl)cc1-c1nnc(SCC(=O)N[C@H]2C[C@H]3CC[C@H]2C3)o1. The number of carbonyl (C=O) groups is 1. The fraction of sp³-hybridized carbons (Fsp3) is 0.500. The summed E-state index contributed by atoms with van der Waals surface area (Å²) < 4.78 is 11.0. The van der Waals surface area contributed by atoms with Crippen LogP contribution in [0.3, 0.4) is 0 Å². The fourth-order valence-corrected chi connectivity index (χ4v) is 4.77. The van der Waals surface area contributed by atoms with Crippen LogP contribution in [0.1, 0.15) is 25.7 Å². The summed E-state index contributed by atoms with van der Waals surface area (Å²) in [4.78, 5) is 12.2. The van der Waals surface area contributed by atoms with Crippen molar-refractivity contribution in [2.75, 3.05) is 12.9 Å². The highest BCUT2D eigenvalue weighted by Crippen LogP contribution is 2.44. The monoisotopic (exact) mass is 393 g/mol. The van der Waals surface area contributed by atoms with Crippen molar-refractivity contribution in [2.24, 2.45) is 11.8 Å². The molecule has 1 aromatic carbocycles. The van der Waals surface area contributed by atoms with Gasteiger partial charge in [0.15, 0.2) is 0 Å². The van der Waals surface area contributed by atoms with Crippen molar-refractivity contribution in [3.8, 4) is 17.2 Å². The molecule has 8 heteroatoms. The first-order chi connectivity index (χ1) is 12.6. The van der Waals surface area contributed by atoms with E-state index in [0.717, 1.165) is 12.3 Å². The second-order valence-electron chi connectivity index (χ2n) is 6.86. The minimum absolute atomic E-state index is 0.0210. The molecule has 1 aromatic heterocycles. The summed E-state index contributed by atoms with van der Waals surface area (Å²) in [6, 6.07) is 5.54. The summed E-state index contributed by atoms with van der Waals surface area (Å²) in [7, 11) is 1.57. The smallest absolute Gasteiger partial charge is 0.277 e. The summed E-state index contributed by atoms with van der Waals surface area (Å²) in [6.07, 6.45) is 4.97. The number of amides is 1. The fourth-order valence-electron chi connectivity index (χ4n) is 4.02. The molecule has 0 unspecified atom stereocenters. The molecule has 2 aliphatic carbocycles. The van der Waals surface area contributed by atoms with Crippen molar-refractivity contribution < 1.29 is 13.9 Å². The normalized spacial score (nSPS) is 24.0. The summed E-state index contributed by atoms with van der Waals surface area (Å²) >= 11 is 7.28. The lowest BCUT2D eigenvalue weighted by Crippen LogP contribution is -2.39. The lowest BCUT2D eigenvalue weighted by atomic mass is 9.95. The Labute approximate surface area is 161 Å². The van der Waals surface area contributed by atoms with Crippen LogP contribution in [0.15, 0.2) is 27.8 Å². The second kappa shape index (κ2) is 7.48. The number of hydrogen-bond acceptors (Lipinski definition) is 6. The Balaban J connectivity index is 1.35. The van der Waals surface area contributed by atoms with Gasteiger partial charge in [-0.1, -0.05) is 29.8 Å². The van der Waals surface area contributed by atoms with E-state index in [0.29, 0.717) is 39.4 Å². The van der Waals surface area contributed by atoms with Crippen LogP contribution < -0.4 is 10.1 Å². The van der Waals surface area contributed by atoms with E-state index < -0.39 is 0 Å². The van der Waals surface area contributed by atoms with Crippen LogP contribution in [0.25, 0.3) is 11.5 Å². The maximum Gasteiger partial charge on any atom is 0.277 e. The number of carbonyl (C=O) groups excluding carboxylic acids is 1. The minimum atomic E-state index is 0.0210. The number of fused-ring (bicyclic) bond motifs is 2. The van der Waals surface area contributed by atoms with Gasteiger partial charge in [-0.25, -0.2) is 0 Å². The quantitative estimate of drug-likeness (QED) is 0.752. The number of hydrogen-bond donors (Lipinski definition) is 1. The number of ether oxygens (including phenoxy) is 1. The van der Waals surface area contributed by atoms with E-state index in [1.54, 1.807) is 25.3 Å². The topological polar surface area (TPSA) is 77.2 Å². The third-order valence-electron chi connectivity index (χ3n) is 5.21. The van der Waals surface area contributed by atoms with Gasteiger partial charge in [-0.2, -0.15) is 0 Å². The van der Waals surface area contributed by atoms with E-state index in [9.17, 15) is 4.79 Å². The number of methoxy groups -OCH3 is 1. The van der Waals surface area contributed by atoms with Crippen LogP contribution in [-0.4, -0.2) is 35.0 Å². The molecule has 0 aliphatic heterocycles. The highest BCUT2D eigenvalue weighted by atomic mass is 35.5. The molecule has 138 valence electrons. The molecule has 2 bridgehead atoms. The van der Waals surface area contributed by atoms with Gasteiger partial charge in [-0.15, -0.1) is 10.2 Å². The van der Waals surface area contributed by atoms with Gasteiger partial charge in [0, 0.05) is 11.1 Å². The average Bonchev–Trinajstić information content (AvgIpc) is 3.37. The first-order valence-electron chi connectivity index (χ1n) is 8.72. The zero-order chi connectivity index (χ0) is 18.1. The van der Waals surface area contributed by atoms with Crippen LogP contribution in [0.4, 0.5) is 0 Å². The Morgan fingerprint density at radius 2 is 2.27 bits per heavy atom. The standard InChI is InChI=1S/C18H20ClN3O3S/c1-24-15-5-4-12(19)8-13(15)17-21-22-18(25-17)26-9-16(23)20-14-7-10-2-3-11(14)6-10/h4-5,8,10-11,14H,2-3,6-7,9H2,1H3,(H,20,23)/t10-,11-,14-/m0/s1. The molecular formula is C18H20ClN3O3S. The van der Waals surface area contributed by atoms with E-state index >= 15 is 0 Å². The molecule has 1 N–H and O–H groups in total. The molecule has 0 spiro atoms. The van der Waals surface area contributed by atoms with Crippen molar-refractivity contribution in [3.05, 3.63) is 23.2 Å². The number of aromatic nitrogens is 2. The van der Waals surface area contributed by atoms with Crippen molar-refractivity contribution in [2.45, 2.75) is 36.9 Å². The van der Waals surface area contributed by atoms with Crippen LogP contribution in [0, 0.1) is 11.8 Å². The molecule has 0 saturated heterocycles. The molecule has 2 aromatic rings. The molecule has 2 saturated carbocycles. The minimum Gasteiger partial charge on any atom is -0.496 e. The summed E-state index contributed by atoms with van der Waals surface area (Å²) in [5.41, 5.74) is 0.630. The Morgan fingerprint density at radius 1 is 1.38 bits per heavy atom. The first kappa shape index (κ1) is 17.7. The highest BCUT2D eigenvalue weighted by Gasteiger charge is 2.40. The van der Waals surface area contributed by atoms with Crippen molar-refractivity contribution in [3.63, 3.8) is 0 Å². The van der Waals surface area contributed by atoms with Gasteiger partial charge in [0.05, 0.1) is 18.4 Å². The maximum absolute atomic E-state index is 12.2. The third-order valence-corrected chi connectivity index (χ3v) is 6.26. The molecule has 1 heterocycles. The van der Waals surface area contributed by atoms with E-state index in [2.05, 4.69) is 15.5 Å². The van der Waals surface area contributed by atoms with Gasteiger partial charge >= 0.3 is 0 Å². The van der Waals surface area contributed by atoms with Crippen LogP contribution in [0.5, 0.6) is 5.75 Å². The predicted octanol–water partition coefficient (Wildman–Crippen LogP) is 3.80. The Kier molecular flexibility index (Phi) is 5.09. The van der Waals surface area contributed by atoms with Crippen LogP contribution in [-0.2, 0) is 4.79 Å². The zero-order valence-electron chi connectivity index (χ0n) is 14.4. The third kappa shape index (κ3) is 3.69. The van der Waals surface area contributed by atoms with Crippen LogP contribution in [0.2, 0.25) is 5.02 Å². The van der Waals surface area contributed by atoms with E-state index in [1.807, 2.05) is 0 Å². The molecule has 2 aliphatic rings. The molecular weight excluding hydrogens is 374 g/mol. The van der Waals surface area contributed by atoms with Gasteiger partial charge in [0.1, 0.15) is 5.75 Å². The summed E-state index contributed by atoms with van der Waals surface area (Å²) in [5.74, 6) is 2.68. The van der Waals surface area contributed by atoms with E-state index in [-0.39, 0.29) is 11.7 Å². The van der Waals surface area contributed by atoms with Gasteiger partial charge in [0.25, 0.3) is 11.1 Å². The molecule has 26 heavy (non-hydrogen) atoms. The van der Waals surface area contributed by atoms with Gasteiger partial charge < -0.3 is 14.5 Å². The highest BCUT2D eigenvalue weighted by molar-refractivity contribution is 7.99. The molecule has 6 nitrogen and oxygen atoms in total. The second-order valence-corrected chi connectivity index (χ2v) is 8.22. The van der Waals surface area contributed by atoms with Crippen molar-refractivity contribution in [1.82, 2.24) is 15.5 Å². The number of benzene rings is 1. The number of halogens is 1. The Morgan fingerprint density at radius 3 is 3.00 bits per heavy atom. The first-order valence-corrected chi connectivity index (χ1v) is 10.1. The van der Waals surface area contributed by atoms with E-state index in [4.69, 9.17) is 20.8 Å². The predicted molar refractivity (Wildman–Crippen MR) is 99.4 cm³/mol. The summed E-state index contributed by atoms with van der Waals surface area (Å²) in [5, 5.41) is 12.1. The maximum atomic E-state index is 12.2. The molecule has 4 rings (SSSR count). The lowest BCUT2D eigenvalue weighted by molar-refractivity contribution is -0.119. The molecule has 2 fully saturated rings. The molecule has 1 amide bonds. The average molecular weight is 394 g/mol. The number of rotatable bonds is 6. The number of nitrogens with zero attached hydrogens (tertiary/aromatic N) is 2.